The molecule has 0 spiro atoms. The molecule has 2 aromatic carbocycles. The second-order valence-corrected chi connectivity index (χ2v) is 9.21. The van der Waals surface area contributed by atoms with Crippen molar-refractivity contribution in [2.24, 2.45) is 0 Å². The van der Waals surface area contributed by atoms with E-state index in [0.717, 1.165) is 30.8 Å². The maximum Gasteiger partial charge on any atom is 0.320 e. The zero-order valence-corrected chi connectivity index (χ0v) is 18.6. The number of nitrogens with zero attached hydrogens (tertiary/aromatic N) is 4. The van der Waals surface area contributed by atoms with Crippen LogP contribution in [-0.2, 0) is 12.8 Å². The third kappa shape index (κ3) is 4.64. The number of carbonyl (C=O) groups is 1. The van der Waals surface area contributed by atoms with Gasteiger partial charge in [0.05, 0.1) is 11.3 Å². The number of amides is 2. The molecule has 7 heteroatoms. The number of hydrogen-bond donors (Lipinski definition) is 1. The number of carbonyl (C=O) groups excluding carboxylic acids is 1. The number of halogens is 1. The van der Waals surface area contributed by atoms with Crippen LogP contribution in [0.2, 0.25) is 0 Å². The molecule has 33 heavy (non-hydrogen) atoms. The van der Waals surface area contributed by atoms with Gasteiger partial charge in [0.25, 0.3) is 0 Å². The molecule has 1 aromatic heterocycles. The van der Waals surface area contributed by atoms with Crippen LogP contribution in [0.1, 0.15) is 30.5 Å². The number of aliphatic hydroxyl groups is 1. The van der Waals surface area contributed by atoms with Crippen LogP contribution in [-0.4, -0.2) is 62.0 Å². The molecule has 2 fully saturated rings. The van der Waals surface area contributed by atoms with Crippen LogP contribution in [0.3, 0.4) is 0 Å². The molecule has 172 valence electrons. The summed E-state index contributed by atoms with van der Waals surface area (Å²) in [5.41, 5.74) is 1.99. The Bertz CT molecular complexity index is 1090. The maximum absolute atomic E-state index is 13.3. The Morgan fingerprint density at radius 1 is 1.03 bits per heavy atom. The van der Waals surface area contributed by atoms with Gasteiger partial charge in [-0.25, -0.2) is 13.9 Å². The maximum atomic E-state index is 13.3. The van der Waals surface area contributed by atoms with Crippen molar-refractivity contribution in [3.05, 3.63) is 83.9 Å². The lowest BCUT2D eigenvalue weighted by molar-refractivity contribution is -0.0201. The highest BCUT2D eigenvalue weighted by atomic mass is 19.1. The van der Waals surface area contributed by atoms with Gasteiger partial charge in [-0.3, -0.25) is 0 Å². The zero-order chi connectivity index (χ0) is 22.8. The number of hydrogen-bond acceptors (Lipinski definition) is 3. The van der Waals surface area contributed by atoms with Crippen molar-refractivity contribution < 1.29 is 14.3 Å². The number of likely N-dealkylation sites (tertiary alicyclic amines) is 2. The molecule has 1 atom stereocenters. The van der Waals surface area contributed by atoms with Gasteiger partial charge in [0.15, 0.2) is 0 Å². The number of benzene rings is 2. The summed E-state index contributed by atoms with van der Waals surface area (Å²) >= 11 is 0. The smallest absolute Gasteiger partial charge is 0.320 e. The fourth-order valence-corrected chi connectivity index (χ4v) is 4.88. The third-order valence-electron chi connectivity index (χ3n) is 6.97. The first-order valence-corrected chi connectivity index (χ1v) is 11.6. The molecule has 1 unspecified atom stereocenters. The molecule has 1 N–H and O–H groups in total. The van der Waals surface area contributed by atoms with Gasteiger partial charge in [-0.2, -0.15) is 5.10 Å². The minimum absolute atomic E-state index is 0.0839. The van der Waals surface area contributed by atoms with Crippen LogP contribution >= 0.6 is 0 Å². The Labute approximate surface area is 193 Å². The highest BCUT2D eigenvalue weighted by Gasteiger charge is 2.39. The summed E-state index contributed by atoms with van der Waals surface area (Å²) in [7, 11) is 0. The molecule has 0 bridgehead atoms. The van der Waals surface area contributed by atoms with Crippen LogP contribution < -0.4 is 0 Å². The normalized spacial score (nSPS) is 19.9. The van der Waals surface area contributed by atoms with E-state index in [2.05, 4.69) is 17.2 Å². The van der Waals surface area contributed by atoms with E-state index in [9.17, 15) is 14.3 Å². The molecular formula is C26H29FN4O2. The van der Waals surface area contributed by atoms with Crippen molar-refractivity contribution in [3.63, 3.8) is 0 Å². The first-order valence-electron chi connectivity index (χ1n) is 11.6. The molecule has 0 aliphatic carbocycles. The number of piperidine rings is 1. The van der Waals surface area contributed by atoms with Crippen LogP contribution in [0.5, 0.6) is 0 Å². The molecule has 2 saturated heterocycles. The highest BCUT2D eigenvalue weighted by molar-refractivity contribution is 5.76. The van der Waals surface area contributed by atoms with E-state index in [0.29, 0.717) is 32.4 Å². The fraction of sp³-hybridized carbons (Fsp3) is 0.385. The van der Waals surface area contributed by atoms with Gasteiger partial charge in [0.1, 0.15) is 5.82 Å². The van der Waals surface area contributed by atoms with E-state index in [-0.39, 0.29) is 17.9 Å². The summed E-state index contributed by atoms with van der Waals surface area (Å²) < 4.78 is 15.0. The van der Waals surface area contributed by atoms with Crippen LogP contribution in [0.25, 0.3) is 5.69 Å². The van der Waals surface area contributed by atoms with E-state index in [4.69, 9.17) is 0 Å². The van der Waals surface area contributed by atoms with Crippen molar-refractivity contribution in [2.45, 2.75) is 43.7 Å². The first kappa shape index (κ1) is 21.6. The zero-order valence-electron chi connectivity index (χ0n) is 18.6. The summed E-state index contributed by atoms with van der Waals surface area (Å²) in [6.45, 7) is 1.87. The van der Waals surface area contributed by atoms with E-state index in [1.165, 1.54) is 17.7 Å². The highest BCUT2D eigenvalue weighted by Crippen LogP contribution is 2.30. The molecule has 2 aliphatic heterocycles. The second kappa shape index (κ2) is 8.98. The third-order valence-corrected chi connectivity index (χ3v) is 6.97. The molecule has 2 amide bonds. The van der Waals surface area contributed by atoms with Crippen LogP contribution in [0.15, 0.2) is 66.9 Å². The van der Waals surface area contributed by atoms with E-state index in [1.807, 2.05) is 34.1 Å². The van der Waals surface area contributed by atoms with Crippen molar-refractivity contribution in [2.75, 3.05) is 19.6 Å². The standard InChI is InChI=1S/C26H29FN4O2/c27-21-6-8-22(9-7-21)31-24(10-14-28-31)19-26(33)12-16-29(17-13-26)25(32)30-15-11-23(30)18-20-4-2-1-3-5-20/h1-10,14,23,33H,11-13,15-19H2. The number of rotatable bonds is 5. The van der Waals surface area contributed by atoms with E-state index < -0.39 is 5.60 Å². The number of urea groups is 1. The second-order valence-electron chi connectivity index (χ2n) is 9.21. The van der Waals surface area contributed by atoms with Crippen molar-refractivity contribution >= 4 is 6.03 Å². The minimum atomic E-state index is -0.896. The van der Waals surface area contributed by atoms with Gasteiger partial charge in [0.2, 0.25) is 0 Å². The van der Waals surface area contributed by atoms with E-state index in [1.54, 1.807) is 23.0 Å². The van der Waals surface area contributed by atoms with Gasteiger partial charge in [-0.15, -0.1) is 0 Å². The fourth-order valence-electron chi connectivity index (χ4n) is 4.88. The Kier molecular flexibility index (Phi) is 5.89. The SMILES string of the molecule is O=C(N1CCC(O)(Cc2ccnn2-c2ccc(F)cc2)CC1)N1CCC1Cc1ccccc1. The van der Waals surface area contributed by atoms with Crippen molar-refractivity contribution in [3.8, 4) is 5.69 Å². The first-order chi connectivity index (χ1) is 16.0. The lowest BCUT2D eigenvalue weighted by Crippen LogP contribution is -2.59. The van der Waals surface area contributed by atoms with Gasteiger partial charge in [-0.1, -0.05) is 30.3 Å². The Balaban J connectivity index is 1.18. The van der Waals surface area contributed by atoms with Gasteiger partial charge >= 0.3 is 6.03 Å². The summed E-state index contributed by atoms with van der Waals surface area (Å²) in [6, 6.07) is 18.7. The molecule has 3 heterocycles. The molecule has 6 nitrogen and oxygen atoms in total. The average Bonchev–Trinajstić information content (AvgIpc) is 3.26. The molecule has 2 aliphatic rings. The summed E-state index contributed by atoms with van der Waals surface area (Å²) in [5.74, 6) is -0.295. The van der Waals surface area contributed by atoms with Crippen molar-refractivity contribution in [1.82, 2.24) is 19.6 Å². The summed E-state index contributed by atoms with van der Waals surface area (Å²) in [6.07, 6.45) is 5.09. The van der Waals surface area contributed by atoms with Crippen LogP contribution in [0, 0.1) is 5.82 Å². The monoisotopic (exact) mass is 448 g/mol. The Morgan fingerprint density at radius 3 is 2.42 bits per heavy atom. The van der Waals surface area contributed by atoms with Crippen LogP contribution in [0.4, 0.5) is 9.18 Å². The predicted octanol–water partition coefficient (Wildman–Crippen LogP) is 3.82. The summed E-state index contributed by atoms with van der Waals surface area (Å²) in [4.78, 5) is 17.0. The van der Waals surface area contributed by atoms with Crippen molar-refractivity contribution in [1.29, 1.82) is 0 Å². The van der Waals surface area contributed by atoms with Gasteiger partial charge in [0, 0.05) is 44.0 Å². The van der Waals surface area contributed by atoms with Gasteiger partial charge < -0.3 is 14.9 Å². The van der Waals surface area contributed by atoms with E-state index >= 15 is 0 Å². The Hall–Kier alpha value is -3.19. The number of aromatic nitrogens is 2. The molecule has 5 rings (SSSR count). The molecular weight excluding hydrogens is 419 g/mol. The lowest BCUT2D eigenvalue weighted by Gasteiger charge is -2.46. The largest absolute Gasteiger partial charge is 0.389 e. The summed E-state index contributed by atoms with van der Waals surface area (Å²) in [5, 5.41) is 15.6. The topological polar surface area (TPSA) is 61.6 Å². The average molecular weight is 449 g/mol. The predicted molar refractivity (Wildman–Crippen MR) is 124 cm³/mol. The quantitative estimate of drug-likeness (QED) is 0.646. The lowest BCUT2D eigenvalue weighted by atomic mass is 9.87. The van der Waals surface area contributed by atoms with Gasteiger partial charge in [-0.05, 0) is 61.6 Å². The molecule has 0 radical (unpaired) electrons. The Morgan fingerprint density at radius 2 is 1.76 bits per heavy atom. The molecule has 0 saturated carbocycles. The minimum Gasteiger partial charge on any atom is -0.389 e. The molecule has 3 aromatic rings.